The molecule has 0 radical (unpaired) electrons. The maximum absolute atomic E-state index is 8.64. The summed E-state index contributed by atoms with van der Waals surface area (Å²) in [5, 5.41) is 9.25. The molecule has 4 heteroatoms. The molecule has 0 fully saturated rings. The van der Waals surface area contributed by atoms with E-state index < -0.39 is 0 Å². The van der Waals surface area contributed by atoms with Crippen LogP contribution in [0.15, 0.2) is 12.1 Å². The van der Waals surface area contributed by atoms with Crippen LogP contribution in [0.5, 0.6) is 5.75 Å². The first-order chi connectivity index (χ1) is 7.02. The van der Waals surface area contributed by atoms with Crippen LogP contribution in [0, 0.1) is 0 Å². The molecule has 1 aliphatic heterocycles. The molecule has 0 saturated heterocycles. The Kier molecular flexibility index (Phi) is 2.63. The summed E-state index contributed by atoms with van der Waals surface area (Å²) in [6.45, 7) is 4.47. The highest BCUT2D eigenvalue weighted by Crippen LogP contribution is 2.40. The number of rotatable bonds is 2. The van der Waals surface area contributed by atoms with Crippen molar-refractivity contribution >= 4 is 11.6 Å². The van der Waals surface area contributed by atoms with Gasteiger partial charge in [0.25, 0.3) is 0 Å². The number of halogens is 1. The van der Waals surface area contributed by atoms with Crippen molar-refractivity contribution in [1.82, 2.24) is 5.48 Å². The zero-order valence-corrected chi connectivity index (χ0v) is 9.56. The first-order valence-corrected chi connectivity index (χ1v) is 5.27. The third-order valence-electron chi connectivity index (χ3n) is 2.46. The van der Waals surface area contributed by atoms with Crippen LogP contribution in [0.4, 0.5) is 0 Å². The molecule has 0 spiro atoms. The summed E-state index contributed by atoms with van der Waals surface area (Å²) in [6.07, 6.45) is 0.849. The maximum Gasteiger partial charge on any atom is 0.142 e. The Balaban J connectivity index is 2.38. The fraction of sp³-hybridized carbons (Fsp3) is 0.455. The molecule has 2 rings (SSSR count). The van der Waals surface area contributed by atoms with Crippen LogP contribution in [0.2, 0.25) is 5.02 Å². The molecule has 1 aromatic carbocycles. The normalized spacial score (nSPS) is 17.3. The lowest BCUT2D eigenvalue weighted by molar-refractivity contribution is 0.138. The first-order valence-electron chi connectivity index (χ1n) is 4.89. The molecule has 0 aliphatic carbocycles. The van der Waals surface area contributed by atoms with E-state index in [2.05, 4.69) is 5.48 Å². The smallest absolute Gasteiger partial charge is 0.142 e. The van der Waals surface area contributed by atoms with Gasteiger partial charge in [-0.15, -0.1) is 0 Å². The molecule has 1 aliphatic rings. The number of hydroxylamine groups is 1. The zero-order chi connectivity index (χ0) is 11.1. The van der Waals surface area contributed by atoms with Crippen molar-refractivity contribution in [3.05, 3.63) is 28.3 Å². The van der Waals surface area contributed by atoms with E-state index in [4.69, 9.17) is 21.5 Å². The summed E-state index contributed by atoms with van der Waals surface area (Å²) < 4.78 is 5.74. The van der Waals surface area contributed by atoms with Gasteiger partial charge < -0.3 is 9.94 Å². The number of hydrogen-bond donors (Lipinski definition) is 2. The van der Waals surface area contributed by atoms with E-state index in [-0.39, 0.29) is 5.60 Å². The van der Waals surface area contributed by atoms with Crippen LogP contribution in [0.1, 0.15) is 25.0 Å². The Hall–Kier alpha value is -0.770. The Morgan fingerprint density at radius 3 is 2.93 bits per heavy atom. The van der Waals surface area contributed by atoms with Gasteiger partial charge in [0.2, 0.25) is 0 Å². The molecule has 1 heterocycles. The van der Waals surface area contributed by atoms with E-state index in [0.717, 1.165) is 23.3 Å². The van der Waals surface area contributed by atoms with E-state index in [1.54, 1.807) is 0 Å². The molecular formula is C11H14ClNO2. The van der Waals surface area contributed by atoms with Crippen LogP contribution in [-0.2, 0) is 13.0 Å². The summed E-state index contributed by atoms with van der Waals surface area (Å²) in [6, 6.07) is 3.82. The molecular weight excluding hydrogens is 214 g/mol. The second-order valence-corrected chi connectivity index (χ2v) is 4.85. The number of fused-ring (bicyclic) bond motifs is 1. The minimum Gasteiger partial charge on any atom is -0.486 e. The summed E-state index contributed by atoms with van der Waals surface area (Å²) in [7, 11) is 0. The Morgan fingerprint density at radius 2 is 2.27 bits per heavy atom. The average Bonchev–Trinajstić information content (AvgIpc) is 2.41. The van der Waals surface area contributed by atoms with Crippen molar-refractivity contribution in [3.8, 4) is 5.75 Å². The van der Waals surface area contributed by atoms with Gasteiger partial charge in [-0.3, -0.25) is 0 Å². The van der Waals surface area contributed by atoms with Crippen molar-refractivity contribution in [3.63, 3.8) is 0 Å². The highest BCUT2D eigenvalue weighted by molar-refractivity contribution is 6.32. The van der Waals surface area contributed by atoms with Gasteiger partial charge in [0.1, 0.15) is 11.4 Å². The van der Waals surface area contributed by atoms with Crippen LogP contribution in [0.25, 0.3) is 0 Å². The van der Waals surface area contributed by atoms with Crippen LogP contribution < -0.4 is 10.2 Å². The van der Waals surface area contributed by atoms with Gasteiger partial charge in [-0.05, 0) is 31.0 Å². The monoisotopic (exact) mass is 227 g/mol. The summed E-state index contributed by atoms with van der Waals surface area (Å²) in [4.78, 5) is 0. The molecule has 82 valence electrons. The van der Waals surface area contributed by atoms with Gasteiger partial charge in [-0.25, -0.2) is 5.48 Å². The highest BCUT2D eigenvalue weighted by Gasteiger charge is 2.31. The summed E-state index contributed by atoms with van der Waals surface area (Å²) in [5.74, 6) is 0.781. The van der Waals surface area contributed by atoms with Gasteiger partial charge in [0, 0.05) is 13.0 Å². The second-order valence-electron chi connectivity index (χ2n) is 4.44. The van der Waals surface area contributed by atoms with E-state index in [1.165, 1.54) is 0 Å². The van der Waals surface area contributed by atoms with E-state index in [9.17, 15) is 0 Å². The fourth-order valence-corrected chi connectivity index (χ4v) is 2.22. The van der Waals surface area contributed by atoms with Crippen LogP contribution in [-0.4, -0.2) is 10.8 Å². The Morgan fingerprint density at radius 1 is 1.53 bits per heavy atom. The standard InChI is InChI=1S/C11H14ClNO2/c1-11(2)5-8-3-7(6-13-14)4-9(12)10(8)15-11/h3-4,13-14H,5-6H2,1-2H3. The lowest BCUT2D eigenvalue weighted by atomic mass is 10.0. The van der Waals surface area contributed by atoms with Crippen molar-refractivity contribution in [2.45, 2.75) is 32.4 Å². The van der Waals surface area contributed by atoms with Gasteiger partial charge in [-0.2, -0.15) is 0 Å². The first kappa shape index (κ1) is 10.7. The number of hydrogen-bond acceptors (Lipinski definition) is 3. The molecule has 2 N–H and O–H groups in total. The highest BCUT2D eigenvalue weighted by atomic mass is 35.5. The Bertz CT molecular complexity index is 390. The third kappa shape index (κ3) is 2.09. The van der Waals surface area contributed by atoms with E-state index >= 15 is 0 Å². The summed E-state index contributed by atoms with van der Waals surface area (Å²) >= 11 is 6.10. The van der Waals surface area contributed by atoms with Gasteiger partial charge in [0.15, 0.2) is 0 Å². The molecule has 0 unspecified atom stereocenters. The molecule has 0 bridgehead atoms. The minimum absolute atomic E-state index is 0.183. The predicted octanol–water partition coefficient (Wildman–Crippen LogP) is 2.53. The zero-order valence-electron chi connectivity index (χ0n) is 8.80. The number of ether oxygens (including phenoxy) is 1. The van der Waals surface area contributed by atoms with Gasteiger partial charge in [0.05, 0.1) is 5.02 Å². The molecule has 0 atom stereocenters. The Labute approximate surface area is 94.0 Å². The molecule has 0 aromatic heterocycles. The predicted molar refractivity (Wildman–Crippen MR) is 58.5 cm³/mol. The van der Waals surface area contributed by atoms with Crippen molar-refractivity contribution < 1.29 is 9.94 Å². The quantitative estimate of drug-likeness (QED) is 0.763. The van der Waals surface area contributed by atoms with Gasteiger partial charge in [-0.1, -0.05) is 17.7 Å². The van der Waals surface area contributed by atoms with Gasteiger partial charge >= 0.3 is 0 Å². The van der Waals surface area contributed by atoms with Crippen molar-refractivity contribution in [1.29, 1.82) is 0 Å². The lowest BCUT2D eigenvalue weighted by Gasteiger charge is -2.17. The van der Waals surface area contributed by atoms with Crippen molar-refractivity contribution in [2.24, 2.45) is 0 Å². The van der Waals surface area contributed by atoms with E-state index in [0.29, 0.717) is 11.6 Å². The topological polar surface area (TPSA) is 41.5 Å². The lowest BCUT2D eigenvalue weighted by Crippen LogP contribution is -2.24. The molecule has 1 aromatic rings. The maximum atomic E-state index is 8.64. The third-order valence-corrected chi connectivity index (χ3v) is 2.74. The number of benzene rings is 1. The summed E-state index contributed by atoms with van der Waals surface area (Å²) in [5.41, 5.74) is 4.01. The fourth-order valence-electron chi connectivity index (χ4n) is 1.92. The van der Waals surface area contributed by atoms with Crippen LogP contribution >= 0.6 is 11.6 Å². The number of nitrogens with one attached hydrogen (secondary N) is 1. The second kappa shape index (κ2) is 3.67. The molecule has 0 amide bonds. The van der Waals surface area contributed by atoms with Crippen molar-refractivity contribution in [2.75, 3.05) is 0 Å². The minimum atomic E-state index is -0.183. The largest absolute Gasteiger partial charge is 0.486 e. The van der Waals surface area contributed by atoms with E-state index in [1.807, 2.05) is 26.0 Å². The molecule has 15 heavy (non-hydrogen) atoms. The molecule has 3 nitrogen and oxygen atoms in total. The molecule has 0 saturated carbocycles. The average molecular weight is 228 g/mol. The van der Waals surface area contributed by atoms with Crippen LogP contribution in [0.3, 0.4) is 0 Å². The SMILES string of the molecule is CC1(C)Cc2cc(CNO)cc(Cl)c2O1.